The molecule has 2 aromatic rings. The Balaban J connectivity index is 2.22. The summed E-state index contributed by atoms with van der Waals surface area (Å²) in [4.78, 5) is 20.0. The predicted octanol–water partition coefficient (Wildman–Crippen LogP) is 1.48. The Morgan fingerprint density at radius 1 is 1.40 bits per heavy atom. The van der Waals surface area contributed by atoms with Gasteiger partial charge in [0.2, 0.25) is 5.95 Å². The molecule has 0 unspecified atom stereocenters. The first-order chi connectivity index (χ1) is 9.70. The van der Waals surface area contributed by atoms with Gasteiger partial charge in [-0.3, -0.25) is 4.79 Å². The molecular formula is C14H19N5O. The summed E-state index contributed by atoms with van der Waals surface area (Å²) in [5.41, 5.74) is 6.42. The molecule has 2 aromatic heterocycles. The lowest BCUT2D eigenvalue weighted by Gasteiger charge is -2.12. The van der Waals surface area contributed by atoms with Crippen molar-refractivity contribution in [3.05, 3.63) is 46.5 Å². The Kier molecular flexibility index (Phi) is 4.70. The summed E-state index contributed by atoms with van der Waals surface area (Å²) < 4.78 is 1.61. The average Bonchev–Trinajstić information content (AvgIpc) is 2.44. The lowest BCUT2D eigenvalue weighted by molar-refractivity contribution is 0.750. The van der Waals surface area contributed by atoms with E-state index in [-0.39, 0.29) is 11.5 Å². The molecule has 6 nitrogen and oxygen atoms in total. The fourth-order valence-corrected chi connectivity index (χ4v) is 1.85. The van der Waals surface area contributed by atoms with Crippen LogP contribution in [-0.4, -0.2) is 21.1 Å². The normalized spacial score (nSPS) is 10.4. The van der Waals surface area contributed by atoms with Crippen LogP contribution < -0.4 is 16.6 Å². The SMILES string of the molecule is CCCCNc1nc(N)ncc1Cn1ccccc1=O. The number of anilines is 2. The van der Waals surface area contributed by atoms with Crippen molar-refractivity contribution in [2.45, 2.75) is 26.3 Å². The van der Waals surface area contributed by atoms with Gasteiger partial charge in [0.25, 0.3) is 5.56 Å². The monoisotopic (exact) mass is 273 g/mol. The van der Waals surface area contributed by atoms with Crippen LogP contribution in [0, 0.1) is 0 Å². The molecule has 0 spiro atoms. The van der Waals surface area contributed by atoms with Crippen molar-refractivity contribution in [3.63, 3.8) is 0 Å². The van der Waals surface area contributed by atoms with Gasteiger partial charge in [-0.05, 0) is 12.5 Å². The van der Waals surface area contributed by atoms with Crippen LogP contribution in [0.15, 0.2) is 35.4 Å². The molecule has 0 amide bonds. The average molecular weight is 273 g/mol. The van der Waals surface area contributed by atoms with Crippen molar-refractivity contribution in [3.8, 4) is 0 Å². The highest BCUT2D eigenvalue weighted by molar-refractivity contribution is 5.46. The Morgan fingerprint density at radius 3 is 3.00 bits per heavy atom. The second kappa shape index (κ2) is 6.70. The van der Waals surface area contributed by atoms with Crippen molar-refractivity contribution in [2.75, 3.05) is 17.6 Å². The van der Waals surface area contributed by atoms with Crippen LogP contribution in [0.1, 0.15) is 25.3 Å². The van der Waals surface area contributed by atoms with E-state index in [1.165, 1.54) is 6.07 Å². The molecular weight excluding hydrogens is 254 g/mol. The van der Waals surface area contributed by atoms with E-state index < -0.39 is 0 Å². The van der Waals surface area contributed by atoms with Gasteiger partial charge in [-0.15, -0.1) is 0 Å². The van der Waals surface area contributed by atoms with Crippen molar-refractivity contribution in [1.29, 1.82) is 0 Å². The lowest BCUT2D eigenvalue weighted by Crippen LogP contribution is -2.20. The third-order valence-corrected chi connectivity index (χ3v) is 2.95. The highest BCUT2D eigenvalue weighted by atomic mass is 16.1. The fraction of sp³-hybridized carbons (Fsp3) is 0.357. The molecule has 6 heteroatoms. The molecule has 0 saturated heterocycles. The summed E-state index contributed by atoms with van der Waals surface area (Å²) in [5.74, 6) is 0.926. The van der Waals surface area contributed by atoms with Gasteiger partial charge in [-0.2, -0.15) is 4.98 Å². The molecule has 0 fully saturated rings. The van der Waals surface area contributed by atoms with Crippen LogP contribution in [0.25, 0.3) is 0 Å². The van der Waals surface area contributed by atoms with Gasteiger partial charge in [-0.25, -0.2) is 4.98 Å². The highest BCUT2D eigenvalue weighted by Gasteiger charge is 2.07. The van der Waals surface area contributed by atoms with Gasteiger partial charge >= 0.3 is 0 Å². The van der Waals surface area contributed by atoms with Crippen LogP contribution in [-0.2, 0) is 6.54 Å². The number of nitrogens with one attached hydrogen (secondary N) is 1. The Hall–Kier alpha value is -2.37. The van der Waals surface area contributed by atoms with Crippen molar-refractivity contribution in [1.82, 2.24) is 14.5 Å². The first kappa shape index (κ1) is 14.0. The second-order valence-corrected chi connectivity index (χ2v) is 4.55. The van der Waals surface area contributed by atoms with Crippen LogP contribution in [0.2, 0.25) is 0 Å². The molecule has 0 bridgehead atoms. The van der Waals surface area contributed by atoms with Gasteiger partial charge in [0.1, 0.15) is 5.82 Å². The zero-order valence-corrected chi connectivity index (χ0v) is 11.5. The molecule has 0 atom stereocenters. The topological polar surface area (TPSA) is 85.8 Å². The maximum Gasteiger partial charge on any atom is 0.250 e. The molecule has 0 aliphatic rings. The number of nitrogens with two attached hydrogens (primary N) is 1. The number of aromatic nitrogens is 3. The second-order valence-electron chi connectivity index (χ2n) is 4.55. The van der Waals surface area contributed by atoms with Crippen LogP contribution in [0.4, 0.5) is 11.8 Å². The number of unbranched alkanes of at least 4 members (excludes halogenated alkanes) is 1. The maximum atomic E-state index is 11.7. The smallest absolute Gasteiger partial charge is 0.250 e. The van der Waals surface area contributed by atoms with E-state index in [1.807, 2.05) is 6.07 Å². The molecule has 0 aliphatic heterocycles. The zero-order chi connectivity index (χ0) is 14.4. The van der Waals surface area contributed by atoms with Gasteiger partial charge in [0.05, 0.1) is 6.54 Å². The molecule has 3 N–H and O–H groups in total. The number of nitrogen functional groups attached to an aromatic ring is 1. The van der Waals surface area contributed by atoms with Crippen molar-refractivity contribution in [2.24, 2.45) is 0 Å². The van der Waals surface area contributed by atoms with Gasteiger partial charge in [0, 0.05) is 30.6 Å². The molecule has 106 valence electrons. The van der Waals surface area contributed by atoms with E-state index in [0.717, 1.165) is 24.9 Å². The fourth-order valence-electron chi connectivity index (χ4n) is 1.85. The van der Waals surface area contributed by atoms with Gasteiger partial charge in [-0.1, -0.05) is 19.4 Å². The highest BCUT2D eigenvalue weighted by Crippen LogP contribution is 2.13. The van der Waals surface area contributed by atoms with Crippen molar-refractivity contribution >= 4 is 11.8 Å². The first-order valence-corrected chi connectivity index (χ1v) is 6.71. The number of nitrogens with zero attached hydrogens (tertiary/aromatic N) is 3. The van der Waals surface area contributed by atoms with E-state index in [1.54, 1.807) is 23.0 Å². The minimum absolute atomic E-state index is 0.0520. The van der Waals surface area contributed by atoms with Crippen LogP contribution in [0.5, 0.6) is 0 Å². The van der Waals surface area contributed by atoms with E-state index in [0.29, 0.717) is 12.4 Å². The number of hydrogen-bond acceptors (Lipinski definition) is 5. The third-order valence-electron chi connectivity index (χ3n) is 2.95. The van der Waals surface area contributed by atoms with E-state index >= 15 is 0 Å². The summed E-state index contributed by atoms with van der Waals surface area (Å²) in [6.45, 7) is 3.37. The number of hydrogen-bond donors (Lipinski definition) is 2. The number of pyridine rings is 1. The minimum atomic E-state index is -0.0520. The van der Waals surface area contributed by atoms with Crippen molar-refractivity contribution < 1.29 is 0 Å². The Bertz CT molecular complexity index is 623. The Labute approximate surface area is 117 Å². The van der Waals surface area contributed by atoms with Gasteiger partial charge in [0.15, 0.2) is 0 Å². The molecule has 2 rings (SSSR count). The first-order valence-electron chi connectivity index (χ1n) is 6.71. The molecule has 2 heterocycles. The largest absolute Gasteiger partial charge is 0.370 e. The summed E-state index contributed by atoms with van der Waals surface area (Å²) >= 11 is 0. The molecule has 0 aliphatic carbocycles. The minimum Gasteiger partial charge on any atom is -0.370 e. The summed E-state index contributed by atoms with van der Waals surface area (Å²) in [6.07, 6.45) is 5.56. The molecule has 20 heavy (non-hydrogen) atoms. The molecule has 0 aromatic carbocycles. The quantitative estimate of drug-likeness (QED) is 0.779. The van der Waals surface area contributed by atoms with E-state index in [4.69, 9.17) is 5.73 Å². The third kappa shape index (κ3) is 3.57. The standard InChI is InChI=1S/C14H19N5O/c1-2-3-7-16-13-11(9-17-14(15)18-13)10-19-8-5-4-6-12(19)20/h4-6,8-9H,2-3,7,10H2,1H3,(H3,15,16,17,18). The Morgan fingerprint density at radius 2 is 2.25 bits per heavy atom. The molecule has 0 saturated carbocycles. The zero-order valence-electron chi connectivity index (χ0n) is 11.5. The lowest BCUT2D eigenvalue weighted by atomic mass is 10.2. The van der Waals surface area contributed by atoms with Crippen LogP contribution >= 0.6 is 0 Å². The maximum absolute atomic E-state index is 11.7. The van der Waals surface area contributed by atoms with E-state index in [9.17, 15) is 4.79 Å². The molecule has 0 radical (unpaired) electrons. The summed E-state index contributed by atoms with van der Waals surface area (Å²) in [7, 11) is 0. The predicted molar refractivity (Wildman–Crippen MR) is 79.6 cm³/mol. The van der Waals surface area contributed by atoms with Crippen LogP contribution in [0.3, 0.4) is 0 Å². The summed E-state index contributed by atoms with van der Waals surface area (Å²) in [5, 5.41) is 3.25. The summed E-state index contributed by atoms with van der Waals surface area (Å²) in [6, 6.07) is 5.07. The number of rotatable bonds is 6. The van der Waals surface area contributed by atoms with E-state index in [2.05, 4.69) is 22.2 Å². The van der Waals surface area contributed by atoms with Gasteiger partial charge < -0.3 is 15.6 Å².